The number of carboxylic acids is 2. The van der Waals surface area contributed by atoms with Gasteiger partial charge in [-0.05, 0) is 46.0 Å². The van der Waals surface area contributed by atoms with Crippen molar-refractivity contribution >= 4 is 41.4 Å². The Hall–Kier alpha value is -4.46. The third-order valence-corrected chi connectivity index (χ3v) is 10.5. The largest absolute Gasteiger partial charge is 0.480 e. The van der Waals surface area contributed by atoms with Crippen molar-refractivity contribution in [2.24, 2.45) is 0 Å². The van der Waals surface area contributed by atoms with Crippen LogP contribution < -0.4 is 32.3 Å². The van der Waals surface area contributed by atoms with Crippen LogP contribution >= 0.6 is 0 Å². The molecule has 0 saturated carbocycles. The molecule has 1 radical (unpaired) electrons. The zero-order valence-electron chi connectivity index (χ0n) is 38.0. The Morgan fingerprint density at radius 3 is 1.92 bits per heavy atom. The fraction of sp³-hybridized carbons (Fsp3) is 0.773. The second-order valence-electron chi connectivity index (χ2n) is 16.5. The summed E-state index contributed by atoms with van der Waals surface area (Å²) in [5.74, 6) is -4.46. The van der Waals surface area contributed by atoms with Gasteiger partial charge in [0.15, 0.2) is 5.78 Å². The molecule has 19 heteroatoms. The maximum atomic E-state index is 12.8. The lowest BCUT2D eigenvalue weighted by Crippen LogP contribution is -2.56. The van der Waals surface area contributed by atoms with Crippen LogP contribution in [-0.2, 0) is 49.5 Å². The number of carboxylic acid groups (broad SMARTS) is 2. The fourth-order valence-electron chi connectivity index (χ4n) is 6.51. The highest BCUT2D eigenvalue weighted by Crippen LogP contribution is 2.13. The summed E-state index contributed by atoms with van der Waals surface area (Å²) in [6.45, 7) is 5.64. The van der Waals surface area contributed by atoms with Crippen LogP contribution in [-0.4, -0.2) is 131 Å². The normalized spacial score (nSPS) is 12.8. The number of amides is 4. The van der Waals surface area contributed by atoms with Crippen LogP contribution in [0.3, 0.4) is 0 Å². The number of carbonyl (C=O) groups is 7. The average molecular weight is 894 g/mol. The van der Waals surface area contributed by atoms with Gasteiger partial charge in [0, 0.05) is 44.2 Å². The number of hydrogen-bond acceptors (Lipinski definition) is 11. The summed E-state index contributed by atoms with van der Waals surface area (Å²) in [6.07, 6.45) is 19.8. The maximum Gasteiger partial charge on any atom is 0.326 e. The van der Waals surface area contributed by atoms with E-state index >= 15 is 0 Å². The maximum absolute atomic E-state index is 12.8. The predicted molar refractivity (Wildman–Crippen MR) is 236 cm³/mol. The van der Waals surface area contributed by atoms with Crippen LogP contribution in [0.25, 0.3) is 0 Å². The van der Waals surface area contributed by atoms with Gasteiger partial charge in [0.25, 0.3) is 0 Å². The molecule has 0 aromatic carbocycles. The number of Topliss-reactive ketones (excluding diaryl/α,β-unsaturated/α-hetero) is 1. The lowest BCUT2D eigenvalue weighted by Gasteiger charge is -2.27. The number of carbonyl (C=O) groups excluding carboxylic acids is 5. The molecule has 3 atom stereocenters. The first-order valence-electron chi connectivity index (χ1n) is 22.9. The number of aliphatic carboxylic acids is 2. The highest BCUT2D eigenvalue weighted by Gasteiger charge is 2.32. The summed E-state index contributed by atoms with van der Waals surface area (Å²) in [7, 11) is 0. The molecule has 1 aromatic rings. The Morgan fingerprint density at radius 2 is 1.32 bits per heavy atom. The zero-order chi connectivity index (χ0) is 46.7. The molecule has 0 aliphatic heterocycles. The number of nitrogens with one attached hydrogen (secondary N) is 7. The SMILES string of the molecule is CCCCCCCCCCCCCCCC(=O)N[C@@H](CCC(=O)NCCOCCOCC(=O)NCCCC[C@H](NCC(=O)C(C)(C)NC(=O)[C@@H]([NH])Cc1cnc[nH]1)C(=O)O)C(=O)O. The van der Waals surface area contributed by atoms with Crippen LogP contribution in [0.4, 0.5) is 0 Å². The molecule has 4 amide bonds. The van der Waals surface area contributed by atoms with Gasteiger partial charge in [-0.25, -0.2) is 15.5 Å². The number of rotatable bonds is 41. The van der Waals surface area contributed by atoms with E-state index in [-0.39, 0.29) is 95.9 Å². The molecule has 1 rings (SSSR count). The molecular weight excluding hydrogens is 817 g/mol. The quantitative estimate of drug-likeness (QED) is 0.0438. The molecule has 1 aromatic heterocycles. The molecule has 0 spiro atoms. The van der Waals surface area contributed by atoms with Crippen molar-refractivity contribution in [3.63, 3.8) is 0 Å². The van der Waals surface area contributed by atoms with E-state index in [0.29, 0.717) is 25.0 Å². The minimum absolute atomic E-state index is 0.0312. The number of hydrogen-bond donors (Lipinski definition) is 8. The van der Waals surface area contributed by atoms with Gasteiger partial charge in [0.1, 0.15) is 24.7 Å². The second kappa shape index (κ2) is 35.0. The summed E-state index contributed by atoms with van der Waals surface area (Å²) in [4.78, 5) is 92.1. The van der Waals surface area contributed by atoms with Crippen molar-refractivity contribution in [2.45, 2.75) is 173 Å². The van der Waals surface area contributed by atoms with E-state index in [1.165, 1.54) is 84.2 Å². The van der Waals surface area contributed by atoms with E-state index in [1.54, 1.807) is 0 Å². The van der Waals surface area contributed by atoms with Gasteiger partial charge in [-0.1, -0.05) is 84.0 Å². The molecule has 0 aliphatic rings. The van der Waals surface area contributed by atoms with Crippen molar-refractivity contribution < 1.29 is 53.2 Å². The highest BCUT2D eigenvalue weighted by atomic mass is 16.5. The van der Waals surface area contributed by atoms with Crippen molar-refractivity contribution in [3.8, 4) is 0 Å². The van der Waals surface area contributed by atoms with Crippen LogP contribution in [0.15, 0.2) is 12.5 Å². The van der Waals surface area contributed by atoms with Gasteiger partial charge < -0.3 is 45.9 Å². The summed E-state index contributed by atoms with van der Waals surface area (Å²) < 4.78 is 10.7. The Labute approximate surface area is 373 Å². The lowest BCUT2D eigenvalue weighted by molar-refractivity contribution is -0.142. The van der Waals surface area contributed by atoms with Gasteiger partial charge in [-0.2, -0.15) is 0 Å². The Kier molecular flexibility index (Phi) is 31.4. The van der Waals surface area contributed by atoms with Crippen LogP contribution in [0.1, 0.15) is 148 Å². The Bertz CT molecular complexity index is 1460. The van der Waals surface area contributed by atoms with E-state index in [4.69, 9.17) is 15.2 Å². The third kappa shape index (κ3) is 29.5. The average Bonchev–Trinajstić information content (AvgIpc) is 3.75. The smallest absolute Gasteiger partial charge is 0.326 e. The van der Waals surface area contributed by atoms with Crippen molar-refractivity contribution in [3.05, 3.63) is 18.2 Å². The summed E-state index contributed by atoms with van der Waals surface area (Å²) in [5.41, 5.74) is 7.34. The number of unbranched alkanes of at least 4 members (excludes halogenated alkanes) is 13. The topological polar surface area (TPSA) is 291 Å². The number of ketones is 1. The first-order valence-corrected chi connectivity index (χ1v) is 22.9. The first kappa shape index (κ1) is 56.6. The number of aromatic amines is 1. The van der Waals surface area contributed by atoms with E-state index in [0.717, 1.165) is 19.3 Å². The number of imidazole rings is 1. The van der Waals surface area contributed by atoms with Crippen LogP contribution in [0.2, 0.25) is 0 Å². The van der Waals surface area contributed by atoms with E-state index in [2.05, 4.69) is 43.5 Å². The Balaban J connectivity index is 2.08. The van der Waals surface area contributed by atoms with Gasteiger partial charge >= 0.3 is 11.9 Å². The van der Waals surface area contributed by atoms with Gasteiger partial charge in [0.2, 0.25) is 23.6 Å². The van der Waals surface area contributed by atoms with Crippen LogP contribution in [0, 0.1) is 0 Å². The van der Waals surface area contributed by atoms with Crippen LogP contribution in [0.5, 0.6) is 0 Å². The highest BCUT2D eigenvalue weighted by molar-refractivity contribution is 5.95. The summed E-state index contributed by atoms with van der Waals surface area (Å²) in [6, 6.07) is -3.33. The van der Waals surface area contributed by atoms with Crippen molar-refractivity contribution in [2.75, 3.05) is 46.1 Å². The first-order chi connectivity index (χ1) is 30.2. The van der Waals surface area contributed by atoms with Gasteiger partial charge in [-0.3, -0.25) is 34.1 Å². The molecule has 0 saturated heterocycles. The van der Waals surface area contributed by atoms with Gasteiger partial charge in [-0.15, -0.1) is 0 Å². The molecule has 0 unspecified atom stereocenters. The molecular formula is C44H77N8O11. The minimum atomic E-state index is -1.33. The molecule has 9 N–H and O–H groups in total. The molecule has 0 aliphatic carbocycles. The minimum Gasteiger partial charge on any atom is -0.480 e. The molecule has 0 bridgehead atoms. The number of nitrogens with zero attached hydrogens (tertiary/aromatic N) is 1. The Morgan fingerprint density at radius 1 is 0.714 bits per heavy atom. The molecule has 0 fully saturated rings. The number of H-pyrrole nitrogens is 1. The lowest BCUT2D eigenvalue weighted by atomic mass is 9.97. The monoisotopic (exact) mass is 894 g/mol. The van der Waals surface area contributed by atoms with Gasteiger partial charge in [0.05, 0.1) is 38.2 Å². The van der Waals surface area contributed by atoms with Crippen molar-refractivity contribution in [1.82, 2.24) is 42.3 Å². The van der Waals surface area contributed by atoms with E-state index in [1.807, 2.05) is 0 Å². The fourth-order valence-corrected chi connectivity index (χ4v) is 6.51. The molecule has 63 heavy (non-hydrogen) atoms. The molecule has 19 nitrogen and oxygen atoms in total. The van der Waals surface area contributed by atoms with Crippen molar-refractivity contribution in [1.29, 1.82) is 0 Å². The number of aromatic nitrogens is 2. The standard InChI is InChI=1S/C44H77N8O11/c1-4-5-6-7-8-9-10-11-12-13-14-15-16-20-39(55)51-36(43(60)61)21-22-38(54)48-24-25-62-26-27-63-31-40(56)47-23-18-17-19-35(42(58)59)49-30-37(53)44(2,3)52-41(57)34(45)28-33-29-46-32-50-33/h29,32,34-36,45,49H,4-28,30-31H2,1-3H3,(H,46,50)(H,47,56)(H,48,54)(H,51,55)(H,52,57)(H,58,59)(H,60,61)/t34-,35-,36-/m0/s1. The predicted octanol–water partition coefficient (Wildman–Crippen LogP) is 3.38. The van der Waals surface area contributed by atoms with E-state index in [9.17, 15) is 43.8 Å². The second-order valence-corrected chi connectivity index (χ2v) is 16.5. The summed E-state index contributed by atoms with van der Waals surface area (Å²) >= 11 is 0. The third-order valence-electron chi connectivity index (χ3n) is 10.5. The summed E-state index contributed by atoms with van der Waals surface area (Å²) in [5, 5.41) is 32.3. The number of ether oxygens (including phenoxy) is 2. The zero-order valence-corrected chi connectivity index (χ0v) is 38.0. The van der Waals surface area contributed by atoms with E-state index < -0.39 is 47.3 Å². The molecule has 1 heterocycles. The molecule has 359 valence electrons.